The second-order valence-electron chi connectivity index (χ2n) is 7.62. The number of fused-ring (bicyclic) bond motifs is 1. The van der Waals surface area contributed by atoms with Crippen molar-refractivity contribution in [3.8, 4) is 0 Å². The summed E-state index contributed by atoms with van der Waals surface area (Å²) in [6, 6.07) is 4.01. The molecule has 1 aliphatic rings. The third-order valence-electron chi connectivity index (χ3n) is 4.31. The monoisotopic (exact) mass is 379 g/mol. The number of carbonyl (C=O) groups is 1. The fourth-order valence-corrected chi connectivity index (χ4v) is 3.25. The first kappa shape index (κ1) is 18.6. The van der Waals surface area contributed by atoms with E-state index in [4.69, 9.17) is 17.0 Å². The Bertz CT molecular complexity index is 955. The zero-order valence-electron chi connectivity index (χ0n) is 15.0. The van der Waals surface area contributed by atoms with Crippen molar-refractivity contribution in [3.63, 3.8) is 0 Å². The molecule has 0 saturated carbocycles. The number of aromatic amines is 1. The minimum atomic E-state index is -0.511. The van der Waals surface area contributed by atoms with Crippen molar-refractivity contribution in [1.82, 2.24) is 14.5 Å². The van der Waals surface area contributed by atoms with Gasteiger partial charge in [0, 0.05) is 19.6 Å². The molecule has 0 atom stereocenters. The van der Waals surface area contributed by atoms with Gasteiger partial charge in [0.05, 0.1) is 10.9 Å². The Morgan fingerprint density at radius 3 is 2.73 bits per heavy atom. The van der Waals surface area contributed by atoms with E-state index < -0.39 is 11.4 Å². The summed E-state index contributed by atoms with van der Waals surface area (Å²) < 4.78 is 20.5. The number of nitrogens with one attached hydrogen (secondary N) is 1. The highest BCUT2D eigenvalue weighted by Gasteiger charge is 2.33. The average molecular weight is 379 g/mol. The summed E-state index contributed by atoms with van der Waals surface area (Å²) in [5.41, 5.74) is -0.285. The van der Waals surface area contributed by atoms with Gasteiger partial charge in [-0.1, -0.05) is 0 Å². The first-order valence-electron chi connectivity index (χ1n) is 8.54. The fraction of sp³-hybridized carbons (Fsp3) is 0.500. The minimum Gasteiger partial charge on any atom is -0.444 e. The van der Waals surface area contributed by atoms with E-state index in [0.29, 0.717) is 36.3 Å². The second kappa shape index (κ2) is 6.83. The Hall–Kier alpha value is -2.22. The van der Waals surface area contributed by atoms with Crippen LogP contribution in [-0.4, -0.2) is 39.2 Å². The summed E-state index contributed by atoms with van der Waals surface area (Å²) >= 11 is 5.26. The van der Waals surface area contributed by atoms with Gasteiger partial charge in [-0.25, -0.2) is 9.18 Å². The van der Waals surface area contributed by atoms with Gasteiger partial charge >= 0.3 is 6.09 Å². The quantitative estimate of drug-likeness (QED) is 0.830. The SMILES string of the molecule is CC(C)(C)OC(=O)N1CC(CCn2c(=S)[nH]c3ccc(F)cc3c2=O)C1. The van der Waals surface area contributed by atoms with E-state index in [0.717, 1.165) is 0 Å². The van der Waals surface area contributed by atoms with Crippen LogP contribution in [-0.2, 0) is 11.3 Å². The molecule has 2 aromatic rings. The van der Waals surface area contributed by atoms with Crippen molar-refractivity contribution in [2.45, 2.75) is 39.3 Å². The molecule has 1 aromatic carbocycles. The van der Waals surface area contributed by atoms with Crippen molar-refractivity contribution >= 4 is 29.2 Å². The molecule has 0 bridgehead atoms. The summed E-state index contributed by atoms with van der Waals surface area (Å²) in [7, 11) is 0. The summed E-state index contributed by atoms with van der Waals surface area (Å²) in [5, 5.41) is 0.280. The summed E-state index contributed by atoms with van der Waals surface area (Å²) in [5.74, 6) is -0.175. The fourth-order valence-electron chi connectivity index (χ4n) is 2.97. The van der Waals surface area contributed by atoms with Gasteiger partial charge in [0.2, 0.25) is 0 Å². The van der Waals surface area contributed by atoms with Crippen LogP contribution in [0, 0.1) is 16.5 Å². The molecule has 140 valence electrons. The number of carbonyl (C=O) groups excluding carboxylic acids is 1. The second-order valence-corrected chi connectivity index (χ2v) is 8.00. The van der Waals surface area contributed by atoms with Gasteiger partial charge in [0.1, 0.15) is 11.4 Å². The van der Waals surface area contributed by atoms with E-state index in [1.165, 1.54) is 22.8 Å². The lowest BCUT2D eigenvalue weighted by Gasteiger charge is -2.39. The number of likely N-dealkylation sites (tertiary alicyclic amines) is 1. The number of halogens is 1. The summed E-state index contributed by atoms with van der Waals surface area (Å²) in [6.07, 6.45) is 0.390. The highest BCUT2D eigenvalue weighted by atomic mass is 32.1. The Kier molecular flexibility index (Phi) is 4.88. The molecule has 1 amide bonds. The maximum atomic E-state index is 13.4. The van der Waals surface area contributed by atoms with Crippen LogP contribution in [0.3, 0.4) is 0 Å². The van der Waals surface area contributed by atoms with Gasteiger partial charge in [0.25, 0.3) is 5.56 Å². The van der Waals surface area contributed by atoms with E-state index in [-0.39, 0.29) is 23.0 Å². The van der Waals surface area contributed by atoms with E-state index in [1.807, 2.05) is 20.8 Å². The van der Waals surface area contributed by atoms with E-state index >= 15 is 0 Å². The lowest BCUT2D eigenvalue weighted by atomic mass is 9.97. The molecule has 8 heteroatoms. The lowest BCUT2D eigenvalue weighted by Crippen LogP contribution is -2.51. The standard InChI is InChI=1S/C18H22FN3O3S/c1-18(2,3)25-17(24)21-9-11(10-21)6-7-22-15(23)13-8-12(19)4-5-14(13)20-16(22)26/h4-5,8,11H,6-7,9-10H2,1-3H3,(H,20,26). The van der Waals surface area contributed by atoms with Gasteiger partial charge in [-0.2, -0.15) is 0 Å². The smallest absolute Gasteiger partial charge is 0.410 e. The molecule has 0 aliphatic carbocycles. The third kappa shape index (κ3) is 3.95. The van der Waals surface area contributed by atoms with Crippen LogP contribution in [0.2, 0.25) is 0 Å². The van der Waals surface area contributed by atoms with Crippen LogP contribution in [0.25, 0.3) is 10.9 Å². The number of hydrogen-bond acceptors (Lipinski definition) is 4. The topological polar surface area (TPSA) is 67.3 Å². The first-order valence-corrected chi connectivity index (χ1v) is 8.95. The predicted molar refractivity (Wildman–Crippen MR) is 99.3 cm³/mol. The van der Waals surface area contributed by atoms with Crippen LogP contribution >= 0.6 is 12.2 Å². The Morgan fingerprint density at radius 1 is 1.38 bits per heavy atom. The first-order chi connectivity index (χ1) is 12.1. The number of rotatable bonds is 3. The van der Waals surface area contributed by atoms with Crippen molar-refractivity contribution in [1.29, 1.82) is 0 Å². The van der Waals surface area contributed by atoms with Crippen molar-refractivity contribution in [3.05, 3.63) is 39.1 Å². The molecule has 1 fully saturated rings. The van der Waals surface area contributed by atoms with Crippen LogP contribution in [0.4, 0.5) is 9.18 Å². The Labute approximate surface area is 155 Å². The molecule has 0 spiro atoms. The van der Waals surface area contributed by atoms with Crippen molar-refractivity contribution < 1.29 is 13.9 Å². The average Bonchev–Trinajstić information content (AvgIpc) is 2.47. The van der Waals surface area contributed by atoms with Crippen LogP contribution in [0.1, 0.15) is 27.2 Å². The zero-order chi connectivity index (χ0) is 19.1. The number of ether oxygens (including phenoxy) is 1. The normalized spacial score (nSPS) is 15.2. The summed E-state index contributed by atoms with van der Waals surface area (Å²) in [4.78, 5) is 29.1. The number of benzene rings is 1. The van der Waals surface area contributed by atoms with E-state index in [9.17, 15) is 14.0 Å². The largest absolute Gasteiger partial charge is 0.444 e. The molecule has 26 heavy (non-hydrogen) atoms. The van der Waals surface area contributed by atoms with Crippen LogP contribution < -0.4 is 5.56 Å². The maximum absolute atomic E-state index is 13.4. The van der Waals surface area contributed by atoms with Gasteiger partial charge in [-0.3, -0.25) is 9.36 Å². The molecule has 0 unspecified atom stereocenters. The zero-order valence-corrected chi connectivity index (χ0v) is 15.9. The van der Waals surface area contributed by atoms with Crippen molar-refractivity contribution in [2.75, 3.05) is 13.1 Å². The van der Waals surface area contributed by atoms with Crippen molar-refractivity contribution in [2.24, 2.45) is 5.92 Å². The molecule has 3 rings (SSSR count). The molecule has 0 radical (unpaired) electrons. The molecular weight excluding hydrogens is 357 g/mol. The van der Waals surface area contributed by atoms with Gasteiger partial charge in [0.15, 0.2) is 4.77 Å². The minimum absolute atomic E-state index is 0.280. The maximum Gasteiger partial charge on any atom is 0.410 e. The molecule has 1 N–H and O–H groups in total. The van der Waals surface area contributed by atoms with Crippen LogP contribution in [0.15, 0.2) is 23.0 Å². The van der Waals surface area contributed by atoms with E-state index in [2.05, 4.69) is 4.98 Å². The summed E-state index contributed by atoms with van der Waals surface area (Å²) in [6.45, 7) is 7.12. The molecular formula is C18H22FN3O3S. The molecule has 1 saturated heterocycles. The van der Waals surface area contributed by atoms with Gasteiger partial charge in [-0.05, 0) is 63.5 Å². The van der Waals surface area contributed by atoms with Gasteiger partial charge < -0.3 is 14.6 Å². The highest BCUT2D eigenvalue weighted by molar-refractivity contribution is 7.71. The molecule has 1 aromatic heterocycles. The van der Waals surface area contributed by atoms with E-state index in [1.54, 1.807) is 4.90 Å². The Morgan fingerprint density at radius 2 is 2.08 bits per heavy atom. The number of nitrogens with zero attached hydrogens (tertiary/aromatic N) is 2. The molecule has 1 aliphatic heterocycles. The number of aromatic nitrogens is 2. The molecule has 2 heterocycles. The lowest BCUT2D eigenvalue weighted by molar-refractivity contribution is -0.00270. The predicted octanol–water partition coefficient (Wildman–Crippen LogP) is 3.46. The van der Waals surface area contributed by atoms with Gasteiger partial charge in [-0.15, -0.1) is 0 Å². The Balaban J connectivity index is 1.64. The van der Waals surface area contributed by atoms with Crippen LogP contribution in [0.5, 0.6) is 0 Å². The third-order valence-corrected chi connectivity index (χ3v) is 4.64. The number of H-pyrrole nitrogens is 1. The number of amides is 1. The molecule has 6 nitrogen and oxygen atoms in total. The highest BCUT2D eigenvalue weighted by Crippen LogP contribution is 2.22. The number of hydrogen-bond donors (Lipinski definition) is 1.